The third kappa shape index (κ3) is 6.30. The first-order valence-electron chi connectivity index (χ1n) is 8.36. The molecule has 1 atom stereocenters. The summed E-state index contributed by atoms with van der Waals surface area (Å²) in [6, 6.07) is 15.9. The maximum Gasteiger partial charge on any atom is 0.326 e. The van der Waals surface area contributed by atoms with Gasteiger partial charge in [0, 0.05) is 12.8 Å². The lowest BCUT2D eigenvalue weighted by molar-refractivity contribution is -0.141. The Bertz CT molecular complexity index is 683. The highest BCUT2D eigenvalue weighted by molar-refractivity contribution is 5.83. The summed E-state index contributed by atoms with van der Waals surface area (Å²) in [4.78, 5) is 23.5. The van der Waals surface area contributed by atoms with Crippen LogP contribution in [0.4, 0.5) is 0 Å². The number of aliphatic carboxylic acids is 1. The molecular formula is C20H23NO4. The fourth-order valence-corrected chi connectivity index (χ4v) is 2.49. The van der Waals surface area contributed by atoms with Gasteiger partial charge in [0.05, 0.1) is 6.61 Å². The van der Waals surface area contributed by atoms with E-state index in [0.29, 0.717) is 13.0 Å². The number of carbonyl (C=O) groups excluding carboxylic acids is 1. The standard InChI is InChI=1S/C20H23NO4/c1-2-25-17-11-8-15(9-12-17)10-13-19(22)21-18(20(23)24)14-16-6-4-3-5-7-16/h3-9,11-12,18H,2,10,13-14H2,1H3,(H,21,22)(H,23,24). The largest absolute Gasteiger partial charge is 0.494 e. The lowest BCUT2D eigenvalue weighted by Crippen LogP contribution is -2.42. The Morgan fingerprint density at radius 3 is 2.32 bits per heavy atom. The van der Waals surface area contributed by atoms with E-state index < -0.39 is 12.0 Å². The van der Waals surface area contributed by atoms with E-state index in [4.69, 9.17) is 4.74 Å². The van der Waals surface area contributed by atoms with Crippen LogP contribution in [0.5, 0.6) is 5.75 Å². The molecule has 0 aliphatic rings. The molecule has 2 N–H and O–H groups in total. The minimum absolute atomic E-state index is 0.243. The monoisotopic (exact) mass is 341 g/mol. The van der Waals surface area contributed by atoms with Gasteiger partial charge in [-0.05, 0) is 36.6 Å². The van der Waals surface area contributed by atoms with Gasteiger partial charge in [0.25, 0.3) is 0 Å². The molecule has 2 aromatic carbocycles. The zero-order chi connectivity index (χ0) is 18.1. The summed E-state index contributed by atoms with van der Waals surface area (Å²) >= 11 is 0. The number of carbonyl (C=O) groups is 2. The Kier molecular flexibility index (Phi) is 7.01. The van der Waals surface area contributed by atoms with E-state index in [0.717, 1.165) is 16.9 Å². The van der Waals surface area contributed by atoms with Gasteiger partial charge < -0.3 is 15.2 Å². The molecule has 0 saturated carbocycles. The van der Waals surface area contributed by atoms with Crippen molar-refractivity contribution in [3.05, 3.63) is 65.7 Å². The second-order valence-corrected chi connectivity index (χ2v) is 5.73. The predicted molar refractivity (Wildman–Crippen MR) is 95.6 cm³/mol. The van der Waals surface area contributed by atoms with Crippen LogP contribution >= 0.6 is 0 Å². The van der Waals surface area contributed by atoms with Crippen LogP contribution in [0.2, 0.25) is 0 Å². The summed E-state index contributed by atoms with van der Waals surface area (Å²) in [5.74, 6) is -0.500. The summed E-state index contributed by atoms with van der Waals surface area (Å²) in [5.41, 5.74) is 1.88. The van der Waals surface area contributed by atoms with E-state index >= 15 is 0 Å². The van der Waals surface area contributed by atoms with Gasteiger partial charge >= 0.3 is 5.97 Å². The lowest BCUT2D eigenvalue weighted by atomic mass is 10.1. The summed E-state index contributed by atoms with van der Waals surface area (Å²) < 4.78 is 5.38. The van der Waals surface area contributed by atoms with Crippen LogP contribution in [0.3, 0.4) is 0 Å². The molecule has 0 saturated heterocycles. The lowest BCUT2D eigenvalue weighted by Gasteiger charge is -2.14. The number of benzene rings is 2. The molecule has 0 fully saturated rings. The predicted octanol–water partition coefficient (Wildman–Crippen LogP) is 2.83. The Balaban J connectivity index is 1.85. The normalized spacial score (nSPS) is 11.6. The van der Waals surface area contributed by atoms with Crippen LogP contribution in [0, 0.1) is 0 Å². The minimum Gasteiger partial charge on any atom is -0.494 e. The number of nitrogens with one attached hydrogen (secondary N) is 1. The molecule has 0 radical (unpaired) electrons. The Morgan fingerprint density at radius 2 is 1.72 bits per heavy atom. The molecule has 0 aliphatic carbocycles. The number of hydrogen-bond donors (Lipinski definition) is 2. The molecule has 0 spiro atoms. The van der Waals surface area contributed by atoms with Crippen LogP contribution in [-0.4, -0.2) is 29.6 Å². The highest BCUT2D eigenvalue weighted by Gasteiger charge is 2.20. The SMILES string of the molecule is CCOc1ccc(CCC(=O)NC(Cc2ccccc2)C(=O)O)cc1. The highest BCUT2D eigenvalue weighted by Crippen LogP contribution is 2.13. The molecule has 0 heterocycles. The Labute approximate surface area is 147 Å². The van der Waals surface area contributed by atoms with Gasteiger partial charge in [0.1, 0.15) is 11.8 Å². The molecule has 2 rings (SSSR count). The molecule has 1 unspecified atom stereocenters. The highest BCUT2D eigenvalue weighted by atomic mass is 16.5. The van der Waals surface area contributed by atoms with Crippen molar-refractivity contribution in [2.75, 3.05) is 6.61 Å². The maximum absolute atomic E-state index is 12.1. The molecule has 0 aliphatic heterocycles. The Morgan fingerprint density at radius 1 is 1.04 bits per heavy atom. The van der Waals surface area contributed by atoms with Gasteiger partial charge in [0.2, 0.25) is 5.91 Å². The van der Waals surface area contributed by atoms with Crippen molar-refractivity contribution in [3.8, 4) is 5.75 Å². The van der Waals surface area contributed by atoms with Crippen LogP contribution in [0.25, 0.3) is 0 Å². The van der Waals surface area contributed by atoms with E-state index in [1.165, 1.54) is 0 Å². The van der Waals surface area contributed by atoms with Gasteiger partial charge in [-0.2, -0.15) is 0 Å². The first-order valence-corrected chi connectivity index (χ1v) is 8.36. The first-order chi connectivity index (χ1) is 12.1. The minimum atomic E-state index is -1.03. The number of aryl methyl sites for hydroxylation is 1. The molecule has 25 heavy (non-hydrogen) atoms. The third-order valence-electron chi connectivity index (χ3n) is 3.79. The number of carboxylic acids is 1. The molecule has 0 bridgehead atoms. The summed E-state index contributed by atoms with van der Waals surface area (Å²) in [6.07, 6.45) is 1.06. The number of ether oxygens (including phenoxy) is 1. The zero-order valence-corrected chi connectivity index (χ0v) is 14.3. The number of hydrogen-bond acceptors (Lipinski definition) is 3. The molecule has 132 valence electrons. The van der Waals surface area contributed by atoms with Crippen molar-refractivity contribution >= 4 is 11.9 Å². The fourth-order valence-electron chi connectivity index (χ4n) is 2.49. The van der Waals surface area contributed by atoms with Crippen molar-refractivity contribution in [2.24, 2.45) is 0 Å². The van der Waals surface area contributed by atoms with Crippen LogP contribution in [0.15, 0.2) is 54.6 Å². The average molecular weight is 341 g/mol. The first kappa shape index (κ1) is 18.5. The number of amides is 1. The third-order valence-corrected chi connectivity index (χ3v) is 3.79. The molecule has 1 amide bonds. The van der Waals surface area contributed by atoms with E-state index in [1.807, 2.05) is 61.5 Å². The quantitative estimate of drug-likeness (QED) is 0.735. The van der Waals surface area contributed by atoms with Crippen molar-refractivity contribution in [3.63, 3.8) is 0 Å². The van der Waals surface area contributed by atoms with Crippen molar-refractivity contribution < 1.29 is 19.4 Å². The molecule has 2 aromatic rings. The molecule has 0 aromatic heterocycles. The molecule has 5 heteroatoms. The van der Waals surface area contributed by atoms with Crippen LogP contribution in [0.1, 0.15) is 24.5 Å². The fraction of sp³-hybridized carbons (Fsp3) is 0.300. The second kappa shape index (κ2) is 9.47. The van der Waals surface area contributed by atoms with E-state index in [2.05, 4.69) is 5.32 Å². The topological polar surface area (TPSA) is 75.6 Å². The number of carboxylic acid groups (broad SMARTS) is 1. The van der Waals surface area contributed by atoms with Gasteiger partial charge in [0.15, 0.2) is 0 Å². The second-order valence-electron chi connectivity index (χ2n) is 5.73. The van der Waals surface area contributed by atoms with E-state index in [1.54, 1.807) is 0 Å². The zero-order valence-electron chi connectivity index (χ0n) is 14.3. The van der Waals surface area contributed by atoms with Crippen LogP contribution < -0.4 is 10.1 Å². The van der Waals surface area contributed by atoms with E-state index in [-0.39, 0.29) is 18.7 Å². The number of rotatable bonds is 9. The molecular weight excluding hydrogens is 318 g/mol. The van der Waals surface area contributed by atoms with Crippen LogP contribution in [-0.2, 0) is 22.4 Å². The van der Waals surface area contributed by atoms with Gasteiger partial charge in [-0.15, -0.1) is 0 Å². The maximum atomic E-state index is 12.1. The summed E-state index contributed by atoms with van der Waals surface area (Å²) in [5, 5.41) is 11.9. The molecule has 5 nitrogen and oxygen atoms in total. The van der Waals surface area contributed by atoms with Crippen molar-refractivity contribution in [1.29, 1.82) is 0 Å². The summed E-state index contributed by atoms with van der Waals surface area (Å²) in [7, 11) is 0. The summed E-state index contributed by atoms with van der Waals surface area (Å²) in [6.45, 7) is 2.53. The van der Waals surface area contributed by atoms with Gasteiger partial charge in [-0.25, -0.2) is 4.79 Å². The van der Waals surface area contributed by atoms with Gasteiger partial charge in [-0.1, -0.05) is 42.5 Å². The Hall–Kier alpha value is -2.82. The average Bonchev–Trinajstić information content (AvgIpc) is 2.61. The van der Waals surface area contributed by atoms with Crippen molar-refractivity contribution in [1.82, 2.24) is 5.32 Å². The van der Waals surface area contributed by atoms with Crippen molar-refractivity contribution in [2.45, 2.75) is 32.2 Å². The van der Waals surface area contributed by atoms with Gasteiger partial charge in [-0.3, -0.25) is 4.79 Å². The van der Waals surface area contributed by atoms with E-state index in [9.17, 15) is 14.7 Å². The smallest absolute Gasteiger partial charge is 0.326 e.